The van der Waals surface area contributed by atoms with Crippen LogP contribution >= 0.6 is 22.9 Å². The molecule has 0 aliphatic heterocycles. The van der Waals surface area contributed by atoms with Crippen molar-refractivity contribution in [3.05, 3.63) is 62.2 Å². The van der Waals surface area contributed by atoms with Crippen LogP contribution in [-0.4, -0.2) is 20.0 Å². The summed E-state index contributed by atoms with van der Waals surface area (Å²) in [6, 6.07) is 5.29. The second-order valence-electron chi connectivity index (χ2n) is 5.60. The van der Waals surface area contributed by atoms with E-state index in [1.165, 1.54) is 11.3 Å². The molecule has 0 saturated carbocycles. The number of halogens is 1. The number of hydrogen-bond acceptors (Lipinski definition) is 4. The fraction of sp³-hybridized carbons (Fsp3) is 0.235. The lowest BCUT2D eigenvalue weighted by Gasteiger charge is -2.10. The van der Waals surface area contributed by atoms with Crippen LogP contribution in [0.3, 0.4) is 0 Å². The molecule has 0 fully saturated rings. The van der Waals surface area contributed by atoms with Gasteiger partial charge in [0, 0.05) is 41.6 Å². The number of thiazole rings is 1. The molecule has 1 N–H and O–H groups in total. The van der Waals surface area contributed by atoms with E-state index in [0.29, 0.717) is 17.3 Å². The Morgan fingerprint density at radius 1 is 1.36 bits per heavy atom. The van der Waals surface area contributed by atoms with Crippen LogP contribution in [0.1, 0.15) is 17.0 Å². The smallest absolute Gasteiger partial charge is 0.307 e. The Labute approximate surface area is 153 Å². The van der Waals surface area contributed by atoms with Crippen molar-refractivity contribution >= 4 is 34.5 Å². The minimum atomic E-state index is -0.165. The molecule has 1 aromatic carbocycles. The Balaban J connectivity index is 1.65. The zero-order valence-corrected chi connectivity index (χ0v) is 15.4. The average molecular weight is 377 g/mol. The first kappa shape index (κ1) is 17.4. The van der Waals surface area contributed by atoms with Gasteiger partial charge in [-0.25, -0.2) is 4.98 Å². The van der Waals surface area contributed by atoms with Crippen LogP contribution in [0.4, 0.5) is 5.69 Å². The third-order valence-electron chi connectivity index (χ3n) is 3.95. The molecule has 1 amide bonds. The summed E-state index contributed by atoms with van der Waals surface area (Å²) in [7, 11) is 0. The number of nitrogens with one attached hydrogen (secondary N) is 1. The van der Waals surface area contributed by atoms with E-state index in [1.54, 1.807) is 40.0 Å². The molecule has 0 bridgehead atoms. The fourth-order valence-corrected chi connectivity index (χ4v) is 3.61. The van der Waals surface area contributed by atoms with Crippen molar-refractivity contribution in [1.29, 1.82) is 0 Å². The number of aryl methyl sites for hydroxylation is 1. The summed E-state index contributed by atoms with van der Waals surface area (Å²) in [5, 5.41) is 3.32. The van der Waals surface area contributed by atoms with E-state index in [9.17, 15) is 9.59 Å². The van der Waals surface area contributed by atoms with Crippen molar-refractivity contribution in [1.82, 2.24) is 14.1 Å². The molecule has 3 rings (SSSR count). The van der Waals surface area contributed by atoms with Gasteiger partial charge >= 0.3 is 4.87 Å². The van der Waals surface area contributed by atoms with Gasteiger partial charge < -0.3 is 14.5 Å². The summed E-state index contributed by atoms with van der Waals surface area (Å²) in [6.45, 7) is 4.16. The van der Waals surface area contributed by atoms with Gasteiger partial charge in [-0.05, 0) is 32.0 Å². The maximum Gasteiger partial charge on any atom is 0.307 e. The van der Waals surface area contributed by atoms with Gasteiger partial charge in [0.25, 0.3) is 0 Å². The summed E-state index contributed by atoms with van der Waals surface area (Å²) in [5.74, 6) is -0.165. The van der Waals surface area contributed by atoms with Crippen molar-refractivity contribution in [2.45, 2.75) is 26.8 Å². The molecule has 0 aliphatic rings. The summed E-state index contributed by atoms with van der Waals surface area (Å²) in [4.78, 5) is 28.9. The highest BCUT2D eigenvalue weighted by atomic mass is 35.5. The highest BCUT2D eigenvalue weighted by Gasteiger charge is 2.11. The molecule has 2 heterocycles. The first-order chi connectivity index (χ1) is 12.0. The van der Waals surface area contributed by atoms with Gasteiger partial charge in [-0.15, -0.1) is 0 Å². The minimum absolute atomic E-state index is 0.0319. The van der Waals surface area contributed by atoms with Crippen LogP contribution in [0.2, 0.25) is 5.02 Å². The second-order valence-corrected chi connectivity index (χ2v) is 7.17. The lowest BCUT2D eigenvalue weighted by Crippen LogP contribution is -2.20. The fourth-order valence-electron chi connectivity index (χ4n) is 2.48. The Morgan fingerprint density at radius 3 is 2.76 bits per heavy atom. The molecule has 0 aliphatic carbocycles. The number of aromatic nitrogens is 3. The predicted molar refractivity (Wildman–Crippen MR) is 99.9 cm³/mol. The van der Waals surface area contributed by atoms with Crippen LogP contribution < -0.4 is 10.2 Å². The maximum atomic E-state index is 12.2. The van der Waals surface area contributed by atoms with Crippen molar-refractivity contribution in [3.8, 4) is 5.69 Å². The van der Waals surface area contributed by atoms with E-state index in [-0.39, 0.29) is 17.2 Å². The molecule has 0 atom stereocenters. The van der Waals surface area contributed by atoms with Gasteiger partial charge in [-0.1, -0.05) is 22.9 Å². The van der Waals surface area contributed by atoms with E-state index < -0.39 is 0 Å². The van der Waals surface area contributed by atoms with Gasteiger partial charge in [0.15, 0.2) is 0 Å². The topological polar surface area (TPSA) is 68.9 Å². The summed E-state index contributed by atoms with van der Waals surface area (Å²) in [5.41, 5.74) is 2.31. The van der Waals surface area contributed by atoms with Crippen LogP contribution in [0, 0.1) is 13.8 Å². The van der Waals surface area contributed by atoms with Gasteiger partial charge in [0.1, 0.15) is 0 Å². The zero-order chi connectivity index (χ0) is 18.0. The molecule has 2 aromatic heterocycles. The van der Waals surface area contributed by atoms with E-state index >= 15 is 0 Å². The first-order valence-electron chi connectivity index (χ1n) is 7.70. The summed E-state index contributed by atoms with van der Waals surface area (Å²) >= 11 is 7.48. The lowest BCUT2D eigenvalue weighted by atomic mass is 10.2. The van der Waals surface area contributed by atoms with Crippen LogP contribution in [-0.2, 0) is 11.3 Å². The number of rotatable bonds is 5. The Hall–Kier alpha value is -2.38. The molecule has 8 heteroatoms. The van der Waals surface area contributed by atoms with E-state index in [4.69, 9.17) is 11.6 Å². The number of imidazole rings is 1. The number of benzene rings is 1. The molecule has 0 spiro atoms. The molecule has 0 saturated heterocycles. The third-order valence-corrected chi connectivity index (χ3v) is 5.25. The largest absolute Gasteiger partial charge is 0.326 e. The van der Waals surface area contributed by atoms with Gasteiger partial charge in [0.05, 0.1) is 17.0 Å². The monoisotopic (exact) mass is 376 g/mol. The van der Waals surface area contributed by atoms with Crippen LogP contribution in [0.25, 0.3) is 5.69 Å². The average Bonchev–Trinajstić information content (AvgIpc) is 3.16. The normalized spacial score (nSPS) is 10.8. The molecule has 25 heavy (non-hydrogen) atoms. The first-order valence-corrected chi connectivity index (χ1v) is 8.89. The molecule has 0 radical (unpaired) electrons. The molecule has 130 valence electrons. The molecular formula is C17H17ClN4O2S. The zero-order valence-electron chi connectivity index (χ0n) is 13.8. The number of carbonyl (C=O) groups excluding carboxylic acids is 1. The van der Waals surface area contributed by atoms with Crippen molar-refractivity contribution in [2.75, 3.05) is 5.32 Å². The molecule has 6 nitrogen and oxygen atoms in total. The number of anilines is 1. The third kappa shape index (κ3) is 3.83. The second kappa shape index (κ2) is 7.25. The summed E-state index contributed by atoms with van der Waals surface area (Å²) in [6.07, 6.45) is 5.34. The molecular weight excluding hydrogens is 360 g/mol. The Kier molecular flexibility index (Phi) is 5.06. The number of carbonyl (C=O) groups is 1. The quantitative estimate of drug-likeness (QED) is 0.742. The Bertz CT molecular complexity index is 960. The number of nitrogens with zero attached hydrogens (tertiary/aromatic N) is 3. The number of amides is 1. The minimum Gasteiger partial charge on any atom is -0.326 e. The van der Waals surface area contributed by atoms with Crippen molar-refractivity contribution < 1.29 is 4.79 Å². The van der Waals surface area contributed by atoms with E-state index in [0.717, 1.165) is 16.3 Å². The highest BCUT2D eigenvalue weighted by molar-refractivity contribution is 7.09. The lowest BCUT2D eigenvalue weighted by molar-refractivity contribution is -0.116. The van der Waals surface area contributed by atoms with Gasteiger partial charge in [-0.3, -0.25) is 9.59 Å². The van der Waals surface area contributed by atoms with Crippen molar-refractivity contribution in [2.24, 2.45) is 0 Å². The van der Waals surface area contributed by atoms with Crippen molar-refractivity contribution in [3.63, 3.8) is 0 Å². The van der Waals surface area contributed by atoms with Crippen LogP contribution in [0.5, 0.6) is 0 Å². The Morgan fingerprint density at radius 2 is 2.16 bits per heavy atom. The number of hydrogen-bond donors (Lipinski definition) is 1. The molecule has 0 unspecified atom stereocenters. The van der Waals surface area contributed by atoms with Gasteiger partial charge in [-0.2, -0.15) is 0 Å². The highest BCUT2D eigenvalue weighted by Crippen LogP contribution is 2.24. The SMILES string of the molecule is Cc1sc(=O)n(CCC(=O)Nc2ccc(-n3ccnc3)c(Cl)c2)c1C. The van der Waals surface area contributed by atoms with E-state index in [1.807, 2.05) is 19.9 Å². The standard InChI is InChI=1S/C17H17ClN4O2S/c1-11-12(2)25-17(24)22(11)7-5-16(23)20-13-3-4-15(14(18)9-13)21-8-6-19-10-21/h3-4,6,8-10H,5,7H2,1-2H3,(H,20,23). The van der Waals surface area contributed by atoms with Gasteiger partial charge in [0.2, 0.25) is 5.91 Å². The maximum absolute atomic E-state index is 12.2. The summed E-state index contributed by atoms with van der Waals surface area (Å²) < 4.78 is 3.43. The molecule has 3 aromatic rings. The predicted octanol–water partition coefficient (Wildman–Crippen LogP) is 3.39. The van der Waals surface area contributed by atoms with Crippen LogP contribution in [0.15, 0.2) is 41.7 Å². The van der Waals surface area contributed by atoms with E-state index in [2.05, 4.69) is 10.3 Å².